The van der Waals surface area contributed by atoms with Crippen molar-refractivity contribution in [2.75, 3.05) is 19.3 Å². The van der Waals surface area contributed by atoms with Crippen molar-refractivity contribution in [3.8, 4) is 0 Å². The number of anilines is 1. The Morgan fingerprint density at radius 1 is 1.33 bits per heavy atom. The number of nitrogens with two attached hydrogens (primary N) is 2. The minimum absolute atomic E-state index is 0.118. The number of nitrogen functional groups attached to an aromatic ring is 1. The standard InChI is InChI=1S/C10H13N3O2/c1-13(6-9(12)14)10(15)7-4-2-3-5-8(7)11/h2-5H,6,11H2,1H3,(H2,12,14). The highest BCUT2D eigenvalue weighted by Crippen LogP contribution is 2.12. The van der Waals surface area contributed by atoms with E-state index in [-0.39, 0.29) is 12.5 Å². The number of benzene rings is 1. The fraction of sp³-hybridized carbons (Fsp3) is 0.200. The van der Waals surface area contributed by atoms with E-state index in [0.717, 1.165) is 0 Å². The number of rotatable bonds is 3. The molecule has 15 heavy (non-hydrogen) atoms. The average molecular weight is 207 g/mol. The molecule has 0 heterocycles. The summed E-state index contributed by atoms with van der Waals surface area (Å²) in [4.78, 5) is 23.6. The zero-order valence-electron chi connectivity index (χ0n) is 8.43. The third-order valence-electron chi connectivity index (χ3n) is 1.93. The molecule has 0 unspecified atom stereocenters. The molecule has 0 aliphatic heterocycles. The van der Waals surface area contributed by atoms with Crippen LogP contribution in [0.3, 0.4) is 0 Å². The topological polar surface area (TPSA) is 89.4 Å². The van der Waals surface area contributed by atoms with Crippen LogP contribution in [-0.2, 0) is 4.79 Å². The number of carbonyl (C=O) groups excluding carboxylic acids is 2. The van der Waals surface area contributed by atoms with E-state index in [9.17, 15) is 9.59 Å². The number of amides is 2. The molecule has 2 amide bonds. The minimum atomic E-state index is -0.555. The average Bonchev–Trinajstić information content (AvgIpc) is 2.16. The third kappa shape index (κ3) is 2.70. The summed E-state index contributed by atoms with van der Waals surface area (Å²) >= 11 is 0. The molecule has 0 saturated heterocycles. The molecule has 4 N–H and O–H groups in total. The van der Waals surface area contributed by atoms with Crippen molar-refractivity contribution in [1.82, 2.24) is 4.90 Å². The molecule has 0 aliphatic carbocycles. The Bertz CT molecular complexity index is 390. The van der Waals surface area contributed by atoms with Gasteiger partial charge in [0.2, 0.25) is 5.91 Å². The molecule has 1 aromatic rings. The number of para-hydroxylation sites is 1. The maximum Gasteiger partial charge on any atom is 0.256 e. The van der Waals surface area contributed by atoms with E-state index in [1.165, 1.54) is 11.9 Å². The van der Waals surface area contributed by atoms with Gasteiger partial charge in [0.15, 0.2) is 0 Å². The van der Waals surface area contributed by atoms with Crippen LogP contribution in [0.5, 0.6) is 0 Å². The predicted octanol–water partition coefficient (Wildman–Crippen LogP) is -0.174. The lowest BCUT2D eigenvalue weighted by molar-refractivity contribution is -0.118. The Balaban J connectivity index is 2.85. The molecule has 1 rings (SSSR count). The van der Waals surface area contributed by atoms with E-state index >= 15 is 0 Å². The molecule has 0 aromatic heterocycles. The second-order valence-corrected chi connectivity index (χ2v) is 3.21. The van der Waals surface area contributed by atoms with Crippen molar-refractivity contribution < 1.29 is 9.59 Å². The van der Waals surface area contributed by atoms with Gasteiger partial charge in [-0.05, 0) is 12.1 Å². The van der Waals surface area contributed by atoms with Gasteiger partial charge in [-0.25, -0.2) is 0 Å². The number of hydrogen-bond acceptors (Lipinski definition) is 3. The third-order valence-corrected chi connectivity index (χ3v) is 1.93. The van der Waals surface area contributed by atoms with Crippen LogP contribution in [0, 0.1) is 0 Å². The maximum absolute atomic E-state index is 11.7. The van der Waals surface area contributed by atoms with Crippen LogP contribution in [0.2, 0.25) is 0 Å². The first kappa shape index (κ1) is 11.0. The molecule has 0 spiro atoms. The molecule has 0 bridgehead atoms. The van der Waals surface area contributed by atoms with Crippen LogP contribution in [-0.4, -0.2) is 30.3 Å². The van der Waals surface area contributed by atoms with Gasteiger partial charge in [-0.1, -0.05) is 12.1 Å². The van der Waals surface area contributed by atoms with Crippen LogP contribution >= 0.6 is 0 Å². The molecule has 5 heteroatoms. The van der Waals surface area contributed by atoms with E-state index < -0.39 is 5.91 Å². The quantitative estimate of drug-likeness (QED) is 0.674. The Labute approximate surface area is 87.7 Å². The van der Waals surface area contributed by atoms with Gasteiger partial charge in [-0.3, -0.25) is 9.59 Å². The normalized spacial score (nSPS) is 9.67. The summed E-state index contributed by atoms with van der Waals surface area (Å²) in [5.41, 5.74) is 11.4. The number of hydrogen-bond donors (Lipinski definition) is 2. The molecule has 1 aromatic carbocycles. The molecule has 0 radical (unpaired) electrons. The molecule has 0 fully saturated rings. The van der Waals surface area contributed by atoms with Crippen LogP contribution < -0.4 is 11.5 Å². The fourth-order valence-corrected chi connectivity index (χ4v) is 1.20. The highest BCUT2D eigenvalue weighted by molar-refractivity contribution is 6.00. The maximum atomic E-state index is 11.7. The van der Waals surface area contributed by atoms with Crippen molar-refractivity contribution in [1.29, 1.82) is 0 Å². The largest absolute Gasteiger partial charge is 0.398 e. The van der Waals surface area contributed by atoms with Crippen molar-refractivity contribution in [2.24, 2.45) is 5.73 Å². The summed E-state index contributed by atoms with van der Waals surface area (Å²) in [5.74, 6) is -0.868. The summed E-state index contributed by atoms with van der Waals surface area (Å²) in [6.07, 6.45) is 0. The van der Waals surface area contributed by atoms with Gasteiger partial charge in [-0.15, -0.1) is 0 Å². The molecule has 0 saturated carbocycles. The van der Waals surface area contributed by atoms with Crippen LogP contribution in [0.25, 0.3) is 0 Å². The van der Waals surface area contributed by atoms with E-state index in [2.05, 4.69) is 0 Å². The highest BCUT2D eigenvalue weighted by Gasteiger charge is 2.15. The lowest BCUT2D eigenvalue weighted by atomic mass is 10.1. The molecule has 5 nitrogen and oxygen atoms in total. The van der Waals surface area contributed by atoms with Gasteiger partial charge in [0.1, 0.15) is 0 Å². The van der Waals surface area contributed by atoms with Gasteiger partial charge in [0, 0.05) is 12.7 Å². The number of nitrogens with zero attached hydrogens (tertiary/aromatic N) is 1. The first-order valence-electron chi connectivity index (χ1n) is 4.40. The van der Waals surface area contributed by atoms with Gasteiger partial charge in [0.25, 0.3) is 5.91 Å². The van der Waals surface area contributed by atoms with Crippen molar-refractivity contribution in [3.63, 3.8) is 0 Å². The summed E-state index contributed by atoms with van der Waals surface area (Å²) in [6, 6.07) is 6.68. The molecule has 0 aliphatic rings. The Morgan fingerprint density at radius 2 is 1.93 bits per heavy atom. The highest BCUT2D eigenvalue weighted by atomic mass is 16.2. The lowest BCUT2D eigenvalue weighted by Gasteiger charge is -2.15. The van der Waals surface area contributed by atoms with E-state index in [0.29, 0.717) is 11.3 Å². The smallest absolute Gasteiger partial charge is 0.256 e. The summed E-state index contributed by atoms with van der Waals surface area (Å²) in [6.45, 7) is -0.118. The zero-order chi connectivity index (χ0) is 11.4. The van der Waals surface area contributed by atoms with Gasteiger partial charge in [-0.2, -0.15) is 0 Å². The number of likely N-dealkylation sites (N-methyl/N-ethyl adjacent to an activating group) is 1. The van der Waals surface area contributed by atoms with Gasteiger partial charge < -0.3 is 16.4 Å². The van der Waals surface area contributed by atoms with Crippen LogP contribution in [0.15, 0.2) is 24.3 Å². The second-order valence-electron chi connectivity index (χ2n) is 3.21. The second kappa shape index (κ2) is 4.45. The summed E-state index contributed by atoms with van der Waals surface area (Å²) in [5, 5.41) is 0. The van der Waals surface area contributed by atoms with Crippen molar-refractivity contribution in [3.05, 3.63) is 29.8 Å². The van der Waals surface area contributed by atoms with Crippen molar-refractivity contribution >= 4 is 17.5 Å². The zero-order valence-corrected chi connectivity index (χ0v) is 8.43. The summed E-state index contributed by atoms with van der Waals surface area (Å²) in [7, 11) is 1.50. The Hall–Kier alpha value is -2.04. The molecule has 80 valence electrons. The first-order chi connectivity index (χ1) is 7.02. The van der Waals surface area contributed by atoms with E-state index in [1.54, 1.807) is 24.3 Å². The molecule has 0 atom stereocenters. The minimum Gasteiger partial charge on any atom is -0.398 e. The Kier molecular flexibility index (Phi) is 3.28. The van der Waals surface area contributed by atoms with Gasteiger partial charge in [0.05, 0.1) is 12.1 Å². The van der Waals surface area contributed by atoms with Crippen molar-refractivity contribution in [2.45, 2.75) is 0 Å². The summed E-state index contributed by atoms with van der Waals surface area (Å²) < 4.78 is 0. The van der Waals surface area contributed by atoms with E-state index in [1.807, 2.05) is 0 Å². The predicted molar refractivity (Wildman–Crippen MR) is 57.0 cm³/mol. The SMILES string of the molecule is CN(CC(N)=O)C(=O)c1ccccc1N. The van der Waals surface area contributed by atoms with E-state index in [4.69, 9.17) is 11.5 Å². The molecular weight excluding hydrogens is 194 g/mol. The molecular formula is C10H13N3O2. The van der Waals surface area contributed by atoms with Gasteiger partial charge >= 0.3 is 0 Å². The number of primary amides is 1. The van der Waals surface area contributed by atoms with Crippen LogP contribution in [0.1, 0.15) is 10.4 Å². The monoisotopic (exact) mass is 207 g/mol. The lowest BCUT2D eigenvalue weighted by Crippen LogP contribution is -2.35. The Morgan fingerprint density at radius 3 is 2.47 bits per heavy atom. The first-order valence-corrected chi connectivity index (χ1v) is 4.40. The van der Waals surface area contributed by atoms with Crippen LogP contribution in [0.4, 0.5) is 5.69 Å². The fourth-order valence-electron chi connectivity index (χ4n) is 1.20. The number of carbonyl (C=O) groups is 2.